The van der Waals surface area contributed by atoms with Gasteiger partial charge in [-0.25, -0.2) is 4.98 Å². The third-order valence-corrected chi connectivity index (χ3v) is 2.55. The summed E-state index contributed by atoms with van der Waals surface area (Å²) >= 11 is 0. The second-order valence-corrected chi connectivity index (χ2v) is 3.78. The highest BCUT2D eigenvalue weighted by Gasteiger charge is 2.18. The van der Waals surface area contributed by atoms with E-state index in [0.717, 1.165) is 0 Å². The van der Waals surface area contributed by atoms with Crippen LogP contribution in [0.5, 0.6) is 0 Å². The van der Waals surface area contributed by atoms with Crippen LogP contribution in [0.2, 0.25) is 0 Å². The molecule has 2 amide bonds. The molecular weight excluding hydrogens is 236 g/mol. The zero-order valence-corrected chi connectivity index (χ0v) is 9.83. The zero-order valence-electron chi connectivity index (χ0n) is 9.83. The van der Waals surface area contributed by atoms with E-state index >= 15 is 0 Å². The van der Waals surface area contributed by atoms with Crippen molar-refractivity contribution in [1.29, 1.82) is 0 Å². The van der Waals surface area contributed by atoms with Gasteiger partial charge in [-0.1, -0.05) is 0 Å². The number of hydrogen-bond acceptors (Lipinski definition) is 5. The van der Waals surface area contributed by atoms with Gasteiger partial charge in [-0.15, -0.1) is 0 Å². The first kappa shape index (κ1) is 12.4. The standard InChI is InChI=1S/C11H14N4O3/c16-10-8-18-6-5-15(10)4-3-14-11(17)9-7-12-1-2-13-9/h1-2,7H,3-6,8H2,(H,14,17). The Morgan fingerprint density at radius 3 is 3.11 bits per heavy atom. The van der Waals surface area contributed by atoms with E-state index in [4.69, 9.17) is 4.74 Å². The highest BCUT2D eigenvalue weighted by Crippen LogP contribution is 1.97. The van der Waals surface area contributed by atoms with Gasteiger partial charge < -0.3 is 15.0 Å². The molecule has 1 saturated heterocycles. The van der Waals surface area contributed by atoms with Crippen LogP contribution in [0, 0.1) is 0 Å². The van der Waals surface area contributed by atoms with Crippen molar-refractivity contribution in [3.05, 3.63) is 24.3 Å². The van der Waals surface area contributed by atoms with Crippen molar-refractivity contribution in [1.82, 2.24) is 20.2 Å². The number of nitrogens with one attached hydrogen (secondary N) is 1. The van der Waals surface area contributed by atoms with Crippen molar-refractivity contribution in [2.24, 2.45) is 0 Å². The smallest absolute Gasteiger partial charge is 0.271 e. The number of nitrogens with zero attached hydrogens (tertiary/aromatic N) is 3. The molecule has 2 rings (SSSR count). The maximum absolute atomic E-state index is 11.6. The summed E-state index contributed by atoms with van der Waals surface area (Å²) in [4.78, 5) is 32.4. The van der Waals surface area contributed by atoms with Crippen LogP contribution in [0.25, 0.3) is 0 Å². The maximum Gasteiger partial charge on any atom is 0.271 e. The van der Waals surface area contributed by atoms with Crippen LogP contribution in [-0.2, 0) is 9.53 Å². The molecule has 1 aliphatic rings. The van der Waals surface area contributed by atoms with E-state index in [2.05, 4.69) is 15.3 Å². The second kappa shape index (κ2) is 6.06. The Hall–Kier alpha value is -2.02. The van der Waals surface area contributed by atoms with Gasteiger partial charge in [-0.3, -0.25) is 14.6 Å². The average molecular weight is 250 g/mol. The number of ether oxygens (including phenoxy) is 1. The predicted molar refractivity (Wildman–Crippen MR) is 61.8 cm³/mol. The van der Waals surface area contributed by atoms with Gasteiger partial charge in [-0.05, 0) is 0 Å². The van der Waals surface area contributed by atoms with E-state index in [0.29, 0.717) is 26.2 Å². The molecule has 18 heavy (non-hydrogen) atoms. The Kier molecular flexibility index (Phi) is 4.19. The molecule has 0 spiro atoms. The lowest BCUT2D eigenvalue weighted by Gasteiger charge is -2.26. The highest BCUT2D eigenvalue weighted by molar-refractivity contribution is 5.91. The number of amides is 2. The van der Waals surface area contributed by atoms with Crippen molar-refractivity contribution < 1.29 is 14.3 Å². The molecule has 1 fully saturated rings. The van der Waals surface area contributed by atoms with Crippen molar-refractivity contribution >= 4 is 11.8 Å². The number of morpholine rings is 1. The minimum Gasteiger partial charge on any atom is -0.370 e. The summed E-state index contributed by atoms with van der Waals surface area (Å²) in [5, 5.41) is 2.69. The lowest BCUT2D eigenvalue weighted by atomic mass is 10.3. The van der Waals surface area contributed by atoms with Crippen LogP contribution in [0.15, 0.2) is 18.6 Å². The number of carbonyl (C=O) groups excluding carboxylic acids is 2. The predicted octanol–water partition coefficient (Wildman–Crippen LogP) is -0.935. The van der Waals surface area contributed by atoms with E-state index in [9.17, 15) is 9.59 Å². The maximum atomic E-state index is 11.6. The Balaban J connectivity index is 1.75. The Morgan fingerprint density at radius 1 is 1.50 bits per heavy atom. The molecule has 0 aromatic carbocycles. The monoisotopic (exact) mass is 250 g/mol. The normalized spacial score (nSPS) is 15.6. The SMILES string of the molecule is O=C(NCCN1CCOCC1=O)c1cnccn1. The van der Waals surface area contributed by atoms with E-state index in [1.165, 1.54) is 18.6 Å². The van der Waals surface area contributed by atoms with Gasteiger partial charge in [0.25, 0.3) is 5.91 Å². The summed E-state index contributed by atoms with van der Waals surface area (Å²) in [5.74, 6) is -0.334. The summed E-state index contributed by atoms with van der Waals surface area (Å²) in [6.07, 6.45) is 4.36. The molecule has 0 saturated carbocycles. The van der Waals surface area contributed by atoms with Gasteiger partial charge in [-0.2, -0.15) is 0 Å². The largest absolute Gasteiger partial charge is 0.370 e. The van der Waals surface area contributed by atoms with Gasteiger partial charge in [0.15, 0.2) is 0 Å². The number of aromatic nitrogens is 2. The molecule has 1 aromatic rings. The number of carbonyl (C=O) groups is 2. The fourth-order valence-corrected chi connectivity index (χ4v) is 1.60. The summed E-state index contributed by atoms with van der Waals surface area (Å²) in [6.45, 7) is 2.11. The molecule has 0 bridgehead atoms. The highest BCUT2D eigenvalue weighted by atomic mass is 16.5. The minimum atomic E-state index is -0.288. The van der Waals surface area contributed by atoms with E-state index in [1.807, 2.05) is 0 Å². The van der Waals surface area contributed by atoms with Crippen LogP contribution in [0.3, 0.4) is 0 Å². The first-order valence-corrected chi connectivity index (χ1v) is 5.67. The molecule has 7 heteroatoms. The summed E-state index contributed by atoms with van der Waals surface area (Å²) < 4.78 is 5.01. The number of hydrogen-bond donors (Lipinski definition) is 1. The molecule has 0 atom stereocenters. The van der Waals surface area contributed by atoms with Crippen molar-refractivity contribution in [2.45, 2.75) is 0 Å². The van der Waals surface area contributed by atoms with E-state index < -0.39 is 0 Å². The fraction of sp³-hybridized carbons (Fsp3) is 0.455. The van der Waals surface area contributed by atoms with Gasteiger partial charge >= 0.3 is 0 Å². The molecule has 1 N–H and O–H groups in total. The lowest BCUT2D eigenvalue weighted by molar-refractivity contribution is -0.142. The van der Waals surface area contributed by atoms with E-state index in [1.54, 1.807) is 4.90 Å². The van der Waals surface area contributed by atoms with E-state index in [-0.39, 0.29) is 24.1 Å². The molecular formula is C11H14N4O3. The Bertz CT molecular complexity index is 424. The number of rotatable bonds is 4. The summed E-state index contributed by atoms with van der Waals surface area (Å²) in [5.41, 5.74) is 0.269. The van der Waals surface area contributed by atoms with Crippen molar-refractivity contribution in [3.8, 4) is 0 Å². The third-order valence-electron chi connectivity index (χ3n) is 2.55. The van der Waals surface area contributed by atoms with Gasteiger partial charge in [0.05, 0.1) is 12.8 Å². The van der Waals surface area contributed by atoms with Gasteiger partial charge in [0.2, 0.25) is 5.91 Å². The van der Waals surface area contributed by atoms with Gasteiger partial charge in [0.1, 0.15) is 12.3 Å². The van der Waals surface area contributed by atoms with Crippen LogP contribution < -0.4 is 5.32 Å². The summed E-state index contributed by atoms with van der Waals surface area (Å²) in [6, 6.07) is 0. The average Bonchev–Trinajstić information content (AvgIpc) is 2.42. The third kappa shape index (κ3) is 3.24. The molecule has 1 aromatic heterocycles. The molecule has 7 nitrogen and oxygen atoms in total. The Morgan fingerprint density at radius 2 is 2.39 bits per heavy atom. The second-order valence-electron chi connectivity index (χ2n) is 3.78. The first-order valence-electron chi connectivity index (χ1n) is 5.67. The molecule has 1 aliphatic heterocycles. The lowest BCUT2D eigenvalue weighted by Crippen LogP contribution is -2.45. The van der Waals surface area contributed by atoms with Crippen LogP contribution in [0.4, 0.5) is 0 Å². The quantitative estimate of drug-likeness (QED) is 0.746. The van der Waals surface area contributed by atoms with Crippen molar-refractivity contribution in [2.75, 3.05) is 32.8 Å². The van der Waals surface area contributed by atoms with Crippen molar-refractivity contribution in [3.63, 3.8) is 0 Å². The molecule has 2 heterocycles. The van der Waals surface area contributed by atoms with Gasteiger partial charge in [0, 0.05) is 32.0 Å². The minimum absolute atomic E-state index is 0.0463. The Labute approximate surface area is 104 Å². The zero-order chi connectivity index (χ0) is 12.8. The van der Waals surface area contributed by atoms with Crippen LogP contribution in [0.1, 0.15) is 10.5 Å². The molecule has 0 radical (unpaired) electrons. The molecule has 0 aliphatic carbocycles. The topological polar surface area (TPSA) is 84.4 Å². The van der Waals surface area contributed by atoms with Crippen LogP contribution in [-0.4, -0.2) is 59.5 Å². The molecule has 96 valence electrons. The fourth-order valence-electron chi connectivity index (χ4n) is 1.60. The molecule has 0 unspecified atom stereocenters. The van der Waals surface area contributed by atoms with Crippen LogP contribution >= 0.6 is 0 Å². The summed E-state index contributed by atoms with van der Waals surface area (Å²) in [7, 11) is 0. The first-order chi connectivity index (χ1) is 8.77.